The molecule has 0 aromatic heterocycles. The molecular weight excluding hydrogens is 338 g/mol. The molecule has 2 unspecified atom stereocenters. The molecule has 1 heterocycles. The standard InChI is InChI=1S/C19H30F2N4O/c1-4-22-19(24-13-15(3)25-7-9-26-10-8-25)23-12-14(2)17-6-5-16(20)11-18(17)21/h5-6,11,14-15H,4,7-10,12-13H2,1-3H3,(H2,22,23,24). The van der Waals surface area contributed by atoms with E-state index in [4.69, 9.17) is 4.74 Å². The number of nitrogens with zero attached hydrogens (tertiary/aromatic N) is 2. The van der Waals surface area contributed by atoms with Crippen molar-refractivity contribution in [2.75, 3.05) is 45.9 Å². The summed E-state index contributed by atoms with van der Waals surface area (Å²) in [5, 5.41) is 6.47. The zero-order valence-electron chi connectivity index (χ0n) is 15.9. The molecule has 2 rings (SSSR count). The topological polar surface area (TPSA) is 48.9 Å². The molecule has 0 spiro atoms. The molecule has 1 aliphatic rings. The average molecular weight is 368 g/mol. The minimum absolute atomic E-state index is 0.101. The van der Waals surface area contributed by atoms with Crippen molar-refractivity contribution in [3.8, 4) is 0 Å². The second-order valence-corrected chi connectivity index (χ2v) is 6.66. The number of nitrogens with one attached hydrogen (secondary N) is 2. The maximum Gasteiger partial charge on any atom is 0.191 e. The van der Waals surface area contributed by atoms with Gasteiger partial charge in [-0.05, 0) is 25.5 Å². The van der Waals surface area contributed by atoms with Crippen LogP contribution >= 0.6 is 0 Å². The van der Waals surface area contributed by atoms with Gasteiger partial charge in [-0.1, -0.05) is 13.0 Å². The smallest absolute Gasteiger partial charge is 0.191 e. The van der Waals surface area contributed by atoms with Crippen LogP contribution in [0.1, 0.15) is 32.3 Å². The first-order chi connectivity index (χ1) is 12.5. The third kappa shape index (κ3) is 6.21. The van der Waals surface area contributed by atoms with E-state index in [1.807, 2.05) is 13.8 Å². The number of ether oxygens (including phenoxy) is 1. The lowest BCUT2D eigenvalue weighted by molar-refractivity contribution is 0.0220. The molecule has 0 amide bonds. The Morgan fingerprint density at radius 3 is 2.62 bits per heavy atom. The van der Waals surface area contributed by atoms with Crippen molar-refractivity contribution >= 4 is 5.96 Å². The molecule has 2 atom stereocenters. The van der Waals surface area contributed by atoms with Crippen molar-refractivity contribution in [3.05, 3.63) is 35.4 Å². The Bertz CT molecular complexity index is 591. The van der Waals surface area contributed by atoms with E-state index in [9.17, 15) is 8.78 Å². The summed E-state index contributed by atoms with van der Waals surface area (Å²) < 4.78 is 32.3. The average Bonchev–Trinajstić information content (AvgIpc) is 2.64. The van der Waals surface area contributed by atoms with E-state index >= 15 is 0 Å². The van der Waals surface area contributed by atoms with Gasteiger partial charge in [0.25, 0.3) is 0 Å². The van der Waals surface area contributed by atoms with Crippen LogP contribution in [0.15, 0.2) is 23.2 Å². The molecule has 1 aromatic rings. The van der Waals surface area contributed by atoms with Gasteiger partial charge in [0.15, 0.2) is 5.96 Å². The first kappa shape index (κ1) is 20.6. The maximum absolute atomic E-state index is 13.9. The number of halogens is 2. The van der Waals surface area contributed by atoms with Crippen molar-refractivity contribution in [2.24, 2.45) is 4.99 Å². The van der Waals surface area contributed by atoms with Crippen molar-refractivity contribution in [1.82, 2.24) is 15.5 Å². The molecule has 1 saturated heterocycles. The van der Waals surface area contributed by atoms with Crippen LogP contribution in [0.2, 0.25) is 0 Å². The van der Waals surface area contributed by atoms with Gasteiger partial charge >= 0.3 is 0 Å². The summed E-state index contributed by atoms with van der Waals surface area (Å²) in [5.74, 6) is -0.460. The van der Waals surface area contributed by atoms with Crippen molar-refractivity contribution in [1.29, 1.82) is 0 Å². The summed E-state index contributed by atoms with van der Waals surface area (Å²) >= 11 is 0. The molecule has 1 aromatic carbocycles. The van der Waals surface area contributed by atoms with Crippen LogP contribution in [0, 0.1) is 11.6 Å². The lowest BCUT2D eigenvalue weighted by atomic mass is 10.0. The number of morpholine rings is 1. The first-order valence-corrected chi connectivity index (χ1v) is 9.30. The van der Waals surface area contributed by atoms with Crippen LogP contribution in [-0.4, -0.2) is 62.8 Å². The predicted octanol–water partition coefficient (Wildman–Crippen LogP) is 2.34. The van der Waals surface area contributed by atoms with Gasteiger partial charge in [-0.3, -0.25) is 9.89 Å². The van der Waals surface area contributed by atoms with Gasteiger partial charge in [-0.25, -0.2) is 8.78 Å². The SMILES string of the molecule is CCNC(=NCC(C)N1CCOCC1)NCC(C)c1ccc(F)cc1F. The molecule has 5 nitrogen and oxygen atoms in total. The molecule has 0 saturated carbocycles. The fraction of sp³-hybridized carbons (Fsp3) is 0.632. The monoisotopic (exact) mass is 368 g/mol. The third-order valence-electron chi connectivity index (χ3n) is 4.60. The minimum atomic E-state index is -0.557. The normalized spacial score (nSPS) is 18.4. The highest BCUT2D eigenvalue weighted by atomic mass is 19.1. The van der Waals surface area contributed by atoms with E-state index in [0.29, 0.717) is 30.7 Å². The van der Waals surface area contributed by atoms with E-state index in [2.05, 4.69) is 27.4 Å². The Morgan fingerprint density at radius 1 is 1.23 bits per heavy atom. The Labute approximate surface area is 154 Å². The molecular formula is C19H30F2N4O. The van der Waals surface area contributed by atoms with E-state index in [0.717, 1.165) is 38.9 Å². The van der Waals surface area contributed by atoms with Crippen molar-refractivity contribution in [2.45, 2.75) is 32.7 Å². The predicted molar refractivity (Wildman–Crippen MR) is 101 cm³/mol. The molecule has 146 valence electrons. The zero-order chi connectivity index (χ0) is 18.9. The lowest BCUT2D eigenvalue weighted by Crippen LogP contribution is -2.44. The molecule has 0 bridgehead atoms. The Morgan fingerprint density at radius 2 is 1.96 bits per heavy atom. The number of aliphatic imine (C=N–C) groups is 1. The first-order valence-electron chi connectivity index (χ1n) is 9.30. The van der Waals surface area contributed by atoms with Gasteiger partial charge in [0.1, 0.15) is 11.6 Å². The number of rotatable bonds is 7. The summed E-state index contributed by atoms with van der Waals surface area (Å²) in [7, 11) is 0. The van der Waals surface area contributed by atoms with Gasteiger partial charge in [0.05, 0.1) is 19.8 Å². The number of hydrogen-bond donors (Lipinski definition) is 2. The lowest BCUT2D eigenvalue weighted by Gasteiger charge is -2.31. The van der Waals surface area contributed by atoms with Crippen LogP contribution in [0.3, 0.4) is 0 Å². The highest BCUT2D eigenvalue weighted by molar-refractivity contribution is 5.79. The van der Waals surface area contributed by atoms with Gasteiger partial charge in [0, 0.05) is 44.2 Å². The van der Waals surface area contributed by atoms with Crippen LogP contribution in [0.25, 0.3) is 0 Å². The highest BCUT2D eigenvalue weighted by Gasteiger charge is 2.17. The summed E-state index contributed by atoms with van der Waals surface area (Å²) in [6.07, 6.45) is 0. The zero-order valence-corrected chi connectivity index (χ0v) is 15.9. The van der Waals surface area contributed by atoms with Crippen LogP contribution < -0.4 is 10.6 Å². The minimum Gasteiger partial charge on any atom is -0.379 e. The molecule has 1 aliphatic heterocycles. The summed E-state index contributed by atoms with van der Waals surface area (Å²) in [6.45, 7) is 11.4. The molecule has 0 radical (unpaired) electrons. The highest BCUT2D eigenvalue weighted by Crippen LogP contribution is 2.19. The van der Waals surface area contributed by atoms with Crippen LogP contribution in [0.5, 0.6) is 0 Å². The van der Waals surface area contributed by atoms with E-state index < -0.39 is 11.6 Å². The third-order valence-corrected chi connectivity index (χ3v) is 4.60. The van der Waals surface area contributed by atoms with Crippen molar-refractivity contribution in [3.63, 3.8) is 0 Å². The molecule has 1 fully saturated rings. The Balaban J connectivity index is 1.89. The van der Waals surface area contributed by atoms with Crippen molar-refractivity contribution < 1.29 is 13.5 Å². The fourth-order valence-electron chi connectivity index (χ4n) is 2.96. The summed E-state index contributed by atoms with van der Waals surface area (Å²) in [4.78, 5) is 7.02. The quantitative estimate of drug-likeness (QED) is 0.573. The fourth-order valence-corrected chi connectivity index (χ4v) is 2.96. The van der Waals surface area contributed by atoms with E-state index in [1.165, 1.54) is 12.1 Å². The van der Waals surface area contributed by atoms with Crippen LogP contribution in [0.4, 0.5) is 8.78 Å². The summed E-state index contributed by atoms with van der Waals surface area (Å²) in [6, 6.07) is 4.05. The van der Waals surface area contributed by atoms with Crippen LogP contribution in [-0.2, 0) is 4.74 Å². The Hall–Kier alpha value is -1.73. The number of guanidine groups is 1. The molecule has 26 heavy (non-hydrogen) atoms. The largest absolute Gasteiger partial charge is 0.379 e. The summed E-state index contributed by atoms with van der Waals surface area (Å²) in [5.41, 5.74) is 0.497. The molecule has 0 aliphatic carbocycles. The van der Waals surface area contributed by atoms with Gasteiger partial charge in [-0.2, -0.15) is 0 Å². The van der Waals surface area contributed by atoms with Gasteiger partial charge < -0.3 is 15.4 Å². The Kier molecular flexibility index (Phi) is 8.25. The van der Waals surface area contributed by atoms with E-state index in [1.54, 1.807) is 0 Å². The van der Waals surface area contributed by atoms with Gasteiger partial charge in [0.2, 0.25) is 0 Å². The maximum atomic E-state index is 13.9. The second kappa shape index (κ2) is 10.4. The van der Waals surface area contributed by atoms with Gasteiger partial charge in [-0.15, -0.1) is 0 Å². The second-order valence-electron chi connectivity index (χ2n) is 6.66. The number of benzene rings is 1. The van der Waals surface area contributed by atoms with E-state index in [-0.39, 0.29) is 5.92 Å². The molecule has 7 heteroatoms. The molecule has 2 N–H and O–H groups in total. The number of hydrogen-bond acceptors (Lipinski definition) is 3.